The van der Waals surface area contributed by atoms with Crippen molar-refractivity contribution in [1.29, 1.82) is 0 Å². The summed E-state index contributed by atoms with van der Waals surface area (Å²) in [5.74, 6) is 1.57. The van der Waals surface area contributed by atoms with Crippen molar-refractivity contribution in [2.75, 3.05) is 0 Å². The SMILES string of the molecule is CCC(NC1CCC(C)C1C)c1ccc(Cl)c(Cl)c1. The maximum Gasteiger partial charge on any atom is 0.0595 e. The average molecular weight is 300 g/mol. The third-order valence-corrected chi connectivity index (χ3v) is 5.37. The molecule has 4 atom stereocenters. The Kier molecular flexibility index (Phi) is 5.16. The van der Waals surface area contributed by atoms with Gasteiger partial charge < -0.3 is 5.32 Å². The van der Waals surface area contributed by atoms with Crippen LogP contribution in [0.15, 0.2) is 18.2 Å². The zero-order valence-corrected chi connectivity index (χ0v) is 13.4. The highest BCUT2D eigenvalue weighted by molar-refractivity contribution is 6.42. The molecule has 1 fully saturated rings. The molecule has 0 bridgehead atoms. The molecule has 0 spiro atoms. The van der Waals surface area contributed by atoms with Crippen molar-refractivity contribution in [3.63, 3.8) is 0 Å². The van der Waals surface area contributed by atoms with Gasteiger partial charge >= 0.3 is 0 Å². The second-order valence-electron chi connectivity index (χ2n) is 5.82. The Labute approximate surface area is 126 Å². The van der Waals surface area contributed by atoms with Gasteiger partial charge in [0.2, 0.25) is 0 Å². The molecule has 0 aromatic heterocycles. The van der Waals surface area contributed by atoms with Crippen LogP contribution in [0.4, 0.5) is 0 Å². The quantitative estimate of drug-likeness (QED) is 0.777. The molecule has 4 unspecified atom stereocenters. The maximum atomic E-state index is 6.12. The normalized spacial score (nSPS) is 28.6. The number of nitrogens with one attached hydrogen (secondary N) is 1. The summed E-state index contributed by atoms with van der Waals surface area (Å²) in [5, 5.41) is 5.08. The molecule has 3 heteroatoms. The molecular formula is C16H23Cl2N. The van der Waals surface area contributed by atoms with Crippen LogP contribution < -0.4 is 5.32 Å². The van der Waals surface area contributed by atoms with Crippen molar-refractivity contribution in [2.45, 2.75) is 52.1 Å². The Morgan fingerprint density at radius 2 is 1.95 bits per heavy atom. The van der Waals surface area contributed by atoms with Crippen LogP contribution in [0.1, 0.15) is 51.6 Å². The molecule has 1 aliphatic carbocycles. The fraction of sp³-hybridized carbons (Fsp3) is 0.625. The molecule has 1 aromatic rings. The first-order chi connectivity index (χ1) is 9.02. The van der Waals surface area contributed by atoms with E-state index in [1.165, 1.54) is 18.4 Å². The van der Waals surface area contributed by atoms with E-state index in [-0.39, 0.29) is 0 Å². The Morgan fingerprint density at radius 3 is 2.47 bits per heavy atom. The van der Waals surface area contributed by atoms with E-state index >= 15 is 0 Å². The molecule has 0 heterocycles. The monoisotopic (exact) mass is 299 g/mol. The van der Waals surface area contributed by atoms with E-state index in [0.717, 1.165) is 18.3 Å². The Balaban J connectivity index is 2.09. The summed E-state index contributed by atoms with van der Waals surface area (Å²) in [5.41, 5.74) is 1.24. The minimum Gasteiger partial charge on any atom is -0.307 e. The smallest absolute Gasteiger partial charge is 0.0595 e. The molecule has 1 aliphatic rings. The second-order valence-corrected chi connectivity index (χ2v) is 6.64. The van der Waals surface area contributed by atoms with E-state index in [0.29, 0.717) is 22.1 Å². The van der Waals surface area contributed by atoms with E-state index in [9.17, 15) is 0 Å². The number of hydrogen-bond donors (Lipinski definition) is 1. The fourth-order valence-corrected chi connectivity index (χ4v) is 3.34. The summed E-state index contributed by atoms with van der Waals surface area (Å²) in [4.78, 5) is 0. The summed E-state index contributed by atoms with van der Waals surface area (Å²) in [6.45, 7) is 6.92. The minimum atomic E-state index is 0.368. The van der Waals surface area contributed by atoms with Crippen molar-refractivity contribution < 1.29 is 0 Å². The predicted octanol–water partition coefficient (Wildman–Crippen LogP) is 5.47. The van der Waals surface area contributed by atoms with E-state index in [1.807, 2.05) is 12.1 Å². The van der Waals surface area contributed by atoms with Crippen LogP contribution in [0.3, 0.4) is 0 Å². The van der Waals surface area contributed by atoms with Crippen molar-refractivity contribution >= 4 is 23.2 Å². The molecule has 1 N–H and O–H groups in total. The molecular weight excluding hydrogens is 277 g/mol. The van der Waals surface area contributed by atoms with Gasteiger partial charge in [0, 0.05) is 12.1 Å². The Hall–Kier alpha value is -0.240. The lowest BCUT2D eigenvalue weighted by Crippen LogP contribution is -2.35. The van der Waals surface area contributed by atoms with E-state index in [2.05, 4.69) is 32.2 Å². The molecule has 0 amide bonds. The van der Waals surface area contributed by atoms with Gasteiger partial charge in [-0.2, -0.15) is 0 Å². The number of hydrogen-bond acceptors (Lipinski definition) is 1. The summed E-state index contributed by atoms with van der Waals surface area (Å²) < 4.78 is 0. The average Bonchev–Trinajstić information content (AvgIpc) is 2.71. The highest BCUT2D eigenvalue weighted by atomic mass is 35.5. The Morgan fingerprint density at radius 1 is 1.21 bits per heavy atom. The van der Waals surface area contributed by atoms with E-state index in [1.54, 1.807) is 0 Å². The first kappa shape index (κ1) is 15.2. The molecule has 1 nitrogen and oxygen atoms in total. The zero-order chi connectivity index (χ0) is 14.0. The molecule has 1 saturated carbocycles. The van der Waals surface area contributed by atoms with Gasteiger partial charge in [0.05, 0.1) is 10.0 Å². The van der Waals surface area contributed by atoms with Crippen molar-refractivity contribution in [1.82, 2.24) is 5.32 Å². The predicted molar refractivity (Wildman–Crippen MR) is 84.0 cm³/mol. The van der Waals surface area contributed by atoms with Crippen LogP contribution in [0.25, 0.3) is 0 Å². The highest BCUT2D eigenvalue weighted by Gasteiger charge is 2.31. The first-order valence-electron chi connectivity index (χ1n) is 7.24. The summed E-state index contributed by atoms with van der Waals surface area (Å²) in [7, 11) is 0. The lowest BCUT2D eigenvalue weighted by Gasteiger charge is -2.26. The molecule has 1 aromatic carbocycles. The van der Waals surface area contributed by atoms with Crippen molar-refractivity contribution in [3.05, 3.63) is 33.8 Å². The van der Waals surface area contributed by atoms with Gasteiger partial charge in [-0.3, -0.25) is 0 Å². The van der Waals surface area contributed by atoms with Crippen molar-refractivity contribution in [3.8, 4) is 0 Å². The second kappa shape index (κ2) is 6.47. The molecule has 0 radical (unpaired) electrons. The third kappa shape index (κ3) is 3.45. The van der Waals surface area contributed by atoms with Gasteiger partial charge in [-0.15, -0.1) is 0 Å². The number of benzene rings is 1. The van der Waals surface area contributed by atoms with Gasteiger partial charge in [-0.1, -0.05) is 50.0 Å². The molecule has 19 heavy (non-hydrogen) atoms. The molecule has 106 valence electrons. The Bertz CT molecular complexity index is 433. The van der Waals surface area contributed by atoms with Gasteiger partial charge in [0.25, 0.3) is 0 Å². The largest absolute Gasteiger partial charge is 0.307 e. The zero-order valence-electron chi connectivity index (χ0n) is 11.9. The van der Waals surface area contributed by atoms with Crippen LogP contribution in [0.5, 0.6) is 0 Å². The molecule has 0 aliphatic heterocycles. The molecule has 2 rings (SSSR count). The van der Waals surface area contributed by atoms with Crippen molar-refractivity contribution in [2.24, 2.45) is 11.8 Å². The number of halogens is 2. The topological polar surface area (TPSA) is 12.0 Å². The van der Waals surface area contributed by atoms with Gasteiger partial charge in [-0.25, -0.2) is 0 Å². The standard InChI is InChI=1S/C16H23Cl2N/c1-4-15(12-6-7-13(17)14(18)9-12)19-16-8-5-10(2)11(16)3/h6-7,9-11,15-16,19H,4-5,8H2,1-3H3. The van der Waals surface area contributed by atoms with Gasteiger partial charge in [0.15, 0.2) is 0 Å². The fourth-order valence-electron chi connectivity index (χ4n) is 3.04. The summed E-state index contributed by atoms with van der Waals surface area (Å²) >= 11 is 12.1. The lowest BCUT2D eigenvalue weighted by molar-refractivity contribution is 0.335. The van der Waals surface area contributed by atoms with Crippen LogP contribution >= 0.6 is 23.2 Å². The van der Waals surface area contributed by atoms with Crippen LogP contribution in [-0.4, -0.2) is 6.04 Å². The van der Waals surface area contributed by atoms with Crippen LogP contribution in [-0.2, 0) is 0 Å². The summed E-state index contributed by atoms with van der Waals surface area (Å²) in [6.07, 6.45) is 3.67. The van der Waals surface area contributed by atoms with Crippen LogP contribution in [0.2, 0.25) is 10.0 Å². The minimum absolute atomic E-state index is 0.368. The maximum absolute atomic E-state index is 6.12. The number of rotatable bonds is 4. The third-order valence-electron chi connectivity index (χ3n) is 4.63. The first-order valence-corrected chi connectivity index (χ1v) is 7.99. The van der Waals surface area contributed by atoms with Gasteiger partial charge in [-0.05, 0) is 48.8 Å². The summed E-state index contributed by atoms with van der Waals surface area (Å²) in [6, 6.07) is 6.96. The molecule has 0 saturated heterocycles. The van der Waals surface area contributed by atoms with E-state index in [4.69, 9.17) is 23.2 Å². The highest BCUT2D eigenvalue weighted by Crippen LogP contribution is 2.34. The van der Waals surface area contributed by atoms with Gasteiger partial charge in [0.1, 0.15) is 0 Å². The van der Waals surface area contributed by atoms with E-state index < -0.39 is 0 Å². The lowest BCUT2D eigenvalue weighted by atomic mass is 9.96. The van der Waals surface area contributed by atoms with Crippen LogP contribution in [0, 0.1) is 11.8 Å².